The first-order chi connectivity index (χ1) is 10.7. The van der Waals surface area contributed by atoms with E-state index in [0.717, 1.165) is 4.88 Å². The molecule has 1 atom stereocenters. The molecule has 114 valence electrons. The van der Waals surface area contributed by atoms with E-state index in [4.69, 9.17) is 4.74 Å². The van der Waals surface area contributed by atoms with Crippen LogP contribution in [0.2, 0.25) is 0 Å². The van der Waals surface area contributed by atoms with Gasteiger partial charge in [0, 0.05) is 11.1 Å². The Morgan fingerprint density at radius 3 is 3.09 bits per heavy atom. The predicted molar refractivity (Wildman–Crippen MR) is 83.8 cm³/mol. The Balaban J connectivity index is 1.62. The molecule has 0 aliphatic heterocycles. The fourth-order valence-corrected chi connectivity index (χ4v) is 2.73. The van der Waals surface area contributed by atoms with E-state index < -0.39 is 6.10 Å². The summed E-state index contributed by atoms with van der Waals surface area (Å²) in [6, 6.07) is 7.32. The van der Waals surface area contributed by atoms with Gasteiger partial charge in [0.1, 0.15) is 0 Å². The number of hydrogen-bond acceptors (Lipinski definition) is 6. The van der Waals surface area contributed by atoms with Crippen LogP contribution in [0.3, 0.4) is 0 Å². The van der Waals surface area contributed by atoms with Gasteiger partial charge >= 0.3 is 0 Å². The molecule has 0 radical (unpaired) electrons. The van der Waals surface area contributed by atoms with Crippen LogP contribution in [0.5, 0.6) is 0 Å². The summed E-state index contributed by atoms with van der Waals surface area (Å²) < 4.78 is 6.68. The van der Waals surface area contributed by atoms with Crippen LogP contribution >= 0.6 is 11.3 Å². The maximum absolute atomic E-state index is 12.2. The minimum absolute atomic E-state index is 0.0914. The van der Waals surface area contributed by atoms with E-state index in [-0.39, 0.29) is 18.7 Å². The molecule has 0 aliphatic rings. The summed E-state index contributed by atoms with van der Waals surface area (Å²) in [5, 5.41) is 16.5. The summed E-state index contributed by atoms with van der Waals surface area (Å²) in [5.41, 5.74) is 0.287. The van der Waals surface area contributed by atoms with Gasteiger partial charge in [0.05, 0.1) is 43.0 Å². The summed E-state index contributed by atoms with van der Waals surface area (Å²) >= 11 is 1.60. The first-order valence-electron chi connectivity index (χ1n) is 6.83. The topological polar surface area (TPSA) is 77.2 Å². The first kappa shape index (κ1) is 14.8. The molecular formula is C15H15N3O3S. The van der Waals surface area contributed by atoms with Gasteiger partial charge in [0.25, 0.3) is 5.56 Å². The van der Waals surface area contributed by atoms with Crippen molar-refractivity contribution in [3.8, 4) is 0 Å². The van der Waals surface area contributed by atoms with Crippen LogP contribution in [-0.4, -0.2) is 32.6 Å². The molecule has 3 rings (SSSR count). The fourth-order valence-electron chi connectivity index (χ4n) is 2.09. The Kier molecular flexibility index (Phi) is 4.57. The van der Waals surface area contributed by atoms with Crippen molar-refractivity contribution < 1.29 is 9.84 Å². The minimum atomic E-state index is -0.792. The van der Waals surface area contributed by atoms with E-state index in [2.05, 4.69) is 10.1 Å². The zero-order valence-electron chi connectivity index (χ0n) is 11.8. The molecule has 0 saturated carbocycles. The molecule has 0 aromatic carbocycles. The molecular weight excluding hydrogens is 302 g/mol. The second-order valence-corrected chi connectivity index (χ2v) is 5.85. The molecule has 0 aliphatic carbocycles. The van der Waals surface area contributed by atoms with Crippen LogP contribution in [0.4, 0.5) is 0 Å². The Labute approximate surface area is 130 Å². The zero-order chi connectivity index (χ0) is 15.4. The van der Waals surface area contributed by atoms with Crippen molar-refractivity contribution in [3.63, 3.8) is 0 Å². The Bertz CT molecular complexity index is 801. The van der Waals surface area contributed by atoms with Crippen molar-refractivity contribution in [3.05, 3.63) is 57.3 Å². The van der Waals surface area contributed by atoms with Crippen LogP contribution in [-0.2, 0) is 17.9 Å². The average Bonchev–Trinajstić information content (AvgIpc) is 3.04. The maximum Gasteiger partial charge on any atom is 0.276 e. The molecule has 0 spiro atoms. The van der Waals surface area contributed by atoms with Gasteiger partial charge in [0.15, 0.2) is 0 Å². The Morgan fingerprint density at radius 2 is 2.27 bits per heavy atom. The Hall–Kier alpha value is -2.09. The van der Waals surface area contributed by atoms with Gasteiger partial charge in [-0.25, -0.2) is 4.68 Å². The van der Waals surface area contributed by atoms with E-state index in [1.807, 2.05) is 17.5 Å². The second-order valence-electron chi connectivity index (χ2n) is 4.82. The normalized spacial score (nSPS) is 12.6. The lowest BCUT2D eigenvalue weighted by Gasteiger charge is -2.12. The number of aliphatic hydroxyl groups excluding tert-OH is 1. The smallest absolute Gasteiger partial charge is 0.276 e. The van der Waals surface area contributed by atoms with Gasteiger partial charge in [-0.2, -0.15) is 5.10 Å². The Morgan fingerprint density at radius 1 is 1.36 bits per heavy atom. The number of fused-ring (bicyclic) bond motifs is 1. The quantitative estimate of drug-likeness (QED) is 0.744. The van der Waals surface area contributed by atoms with Gasteiger partial charge in [-0.15, -0.1) is 11.3 Å². The third kappa shape index (κ3) is 3.38. The van der Waals surface area contributed by atoms with E-state index in [1.54, 1.807) is 29.7 Å². The first-order valence-corrected chi connectivity index (χ1v) is 7.71. The summed E-state index contributed by atoms with van der Waals surface area (Å²) in [6.45, 7) is 0.698. The molecule has 1 N–H and O–H groups in total. The monoisotopic (exact) mass is 317 g/mol. The number of rotatable bonds is 6. The number of thiophene rings is 1. The van der Waals surface area contributed by atoms with Crippen LogP contribution in [0.15, 0.2) is 46.8 Å². The lowest BCUT2D eigenvalue weighted by molar-refractivity contribution is 0.0190. The van der Waals surface area contributed by atoms with E-state index >= 15 is 0 Å². The van der Waals surface area contributed by atoms with E-state index in [0.29, 0.717) is 17.5 Å². The van der Waals surface area contributed by atoms with Gasteiger partial charge in [-0.05, 0) is 23.6 Å². The molecule has 3 heterocycles. The van der Waals surface area contributed by atoms with Crippen molar-refractivity contribution in [1.29, 1.82) is 0 Å². The molecule has 0 saturated heterocycles. The van der Waals surface area contributed by atoms with Crippen molar-refractivity contribution in [1.82, 2.24) is 14.8 Å². The molecule has 6 nitrogen and oxygen atoms in total. The SMILES string of the molecule is O=c1c2cccnc2cnn1C[C@@H](O)COCc1cccs1. The summed E-state index contributed by atoms with van der Waals surface area (Å²) in [6.07, 6.45) is 2.34. The highest BCUT2D eigenvalue weighted by Crippen LogP contribution is 2.09. The molecule has 0 amide bonds. The molecule has 0 bridgehead atoms. The highest BCUT2D eigenvalue weighted by molar-refractivity contribution is 7.09. The lowest BCUT2D eigenvalue weighted by atomic mass is 10.3. The molecule has 0 unspecified atom stereocenters. The van der Waals surface area contributed by atoms with E-state index in [1.165, 1.54) is 10.9 Å². The van der Waals surface area contributed by atoms with Crippen molar-refractivity contribution >= 4 is 22.2 Å². The van der Waals surface area contributed by atoms with Crippen LogP contribution in [0.25, 0.3) is 10.9 Å². The van der Waals surface area contributed by atoms with Gasteiger partial charge in [-0.1, -0.05) is 6.07 Å². The van der Waals surface area contributed by atoms with Crippen molar-refractivity contribution in [2.45, 2.75) is 19.3 Å². The lowest BCUT2D eigenvalue weighted by Crippen LogP contribution is -2.31. The highest BCUT2D eigenvalue weighted by atomic mass is 32.1. The number of aliphatic hydroxyl groups is 1. The number of nitrogens with zero attached hydrogens (tertiary/aromatic N) is 3. The average molecular weight is 317 g/mol. The summed E-state index contributed by atoms with van der Waals surface area (Å²) in [7, 11) is 0. The third-order valence-electron chi connectivity index (χ3n) is 3.14. The molecule has 3 aromatic rings. The molecule has 7 heteroatoms. The van der Waals surface area contributed by atoms with Crippen LogP contribution in [0.1, 0.15) is 4.88 Å². The minimum Gasteiger partial charge on any atom is -0.389 e. The van der Waals surface area contributed by atoms with Crippen LogP contribution < -0.4 is 5.56 Å². The van der Waals surface area contributed by atoms with E-state index in [9.17, 15) is 9.90 Å². The number of aromatic nitrogens is 3. The predicted octanol–water partition coefficient (Wildman–Crippen LogP) is 1.43. The second kappa shape index (κ2) is 6.78. The highest BCUT2D eigenvalue weighted by Gasteiger charge is 2.10. The van der Waals surface area contributed by atoms with Crippen LogP contribution in [0, 0.1) is 0 Å². The van der Waals surface area contributed by atoms with Gasteiger partial charge in [0.2, 0.25) is 0 Å². The fraction of sp³-hybridized carbons (Fsp3) is 0.267. The van der Waals surface area contributed by atoms with Crippen molar-refractivity contribution in [2.75, 3.05) is 6.61 Å². The van der Waals surface area contributed by atoms with Crippen molar-refractivity contribution in [2.24, 2.45) is 0 Å². The number of pyridine rings is 1. The third-order valence-corrected chi connectivity index (χ3v) is 3.99. The van der Waals surface area contributed by atoms with Gasteiger partial charge < -0.3 is 9.84 Å². The largest absolute Gasteiger partial charge is 0.389 e. The molecule has 0 fully saturated rings. The molecule has 22 heavy (non-hydrogen) atoms. The summed E-state index contributed by atoms with van der Waals surface area (Å²) in [4.78, 5) is 17.4. The maximum atomic E-state index is 12.2. The zero-order valence-corrected chi connectivity index (χ0v) is 12.6. The number of ether oxygens (including phenoxy) is 1. The summed E-state index contributed by atoms with van der Waals surface area (Å²) in [5.74, 6) is 0. The molecule has 3 aromatic heterocycles. The van der Waals surface area contributed by atoms with Gasteiger partial charge in [-0.3, -0.25) is 9.78 Å². The number of hydrogen-bond donors (Lipinski definition) is 1. The standard InChI is InChI=1S/C15H15N3O3S/c19-11(9-21-10-12-3-2-6-22-12)8-18-15(20)13-4-1-5-16-14(13)7-17-18/h1-7,11,19H,8-10H2/t11-/m1/s1.